The highest BCUT2D eigenvalue weighted by Gasteiger charge is 2.21. The van der Waals surface area contributed by atoms with E-state index in [4.69, 9.17) is 5.41 Å². The molecule has 70 valence electrons. The van der Waals surface area contributed by atoms with E-state index in [2.05, 4.69) is 25.7 Å². The van der Waals surface area contributed by atoms with Gasteiger partial charge in [0.2, 0.25) is 0 Å². The molecule has 1 heterocycles. The van der Waals surface area contributed by atoms with E-state index in [0.29, 0.717) is 12.0 Å². The Kier molecular flexibility index (Phi) is 3.12. The van der Waals surface area contributed by atoms with Crippen molar-refractivity contribution in [3.63, 3.8) is 0 Å². The monoisotopic (exact) mass is 168 g/mol. The highest BCUT2D eigenvalue weighted by atomic mass is 15.2. The quantitative estimate of drug-likeness (QED) is 0.674. The van der Waals surface area contributed by atoms with Crippen molar-refractivity contribution >= 4 is 5.84 Å². The van der Waals surface area contributed by atoms with Gasteiger partial charge in [-0.3, -0.25) is 5.41 Å². The largest absolute Gasteiger partial charge is 0.358 e. The molecule has 1 saturated heterocycles. The van der Waals surface area contributed by atoms with E-state index in [-0.39, 0.29) is 0 Å². The predicted molar refractivity (Wildman–Crippen MR) is 52.6 cm³/mol. The molecular formula is C10H20N2. The maximum atomic E-state index is 7.80. The van der Waals surface area contributed by atoms with Crippen molar-refractivity contribution in [2.75, 3.05) is 6.54 Å². The molecule has 0 aromatic carbocycles. The summed E-state index contributed by atoms with van der Waals surface area (Å²) in [5, 5.41) is 7.80. The molecule has 0 bridgehead atoms. The lowest BCUT2D eigenvalue weighted by Crippen LogP contribution is -2.43. The summed E-state index contributed by atoms with van der Waals surface area (Å²) in [6, 6.07) is 0.540. The highest BCUT2D eigenvalue weighted by molar-refractivity contribution is 5.80. The number of amidine groups is 1. The molecule has 0 saturated carbocycles. The second-order valence-corrected chi connectivity index (χ2v) is 4.08. The first kappa shape index (κ1) is 9.56. The molecule has 2 heteroatoms. The molecule has 1 N–H and O–H groups in total. The molecule has 1 aliphatic heterocycles. The Balaban J connectivity index is 2.53. The molecule has 12 heavy (non-hydrogen) atoms. The maximum Gasteiger partial charge on any atom is 0.0960 e. The van der Waals surface area contributed by atoms with Gasteiger partial charge in [0.25, 0.3) is 0 Å². The van der Waals surface area contributed by atoms with Crippen LogP contribution in [0.3, 0.4) is 0 Å². The van der Waals surface area contributed by atoms with Gasteiger partial charge >= 0.3 is 0 Å². The summed E-state index contributed by atoms with van der Waals surface area (Å²) in [5.41, 5.74) is 0. The van der Waals surface area contributed by atoms with Gasteiger partial charge in [0.1, 0.15) is 0 Å². The van der Waals surface area contributed by atoms with Crippen molar-refractivity contribution in [3.8, 4) is 0 Å². The lowest BCUT2D eigenvalue weighted by atomic mass is 10.0. The lowest BCUT2D eigenvalue weighted by Gasteiger charge is -2.36. The summed E-state index contributed by atoms with van der Waals surface area (Å²) < 4.78 is 0. The van der Waals surface area contributed by atoms with Crippen LogP contribution in [-0.4, -0.2) is 23.3 Å². The van der Waals surface area contributed by atoms with Crippen LogP contribution < -0.4 is 0 Å². The predicted octanol–water partition coefficient (Wildman–Crippen LogP) is 2.49. The molecule has 0 amide bonds. The Morgan fingerprint density at radius 2 is 1.92 bits per heavy atom. The topological polar surface area (TPSA) is 27.1 Å². The first-order valence-electron chi connectivity index (χ1n) is 4.97. The Morgan fingerprint density at radius 3 is 2.42 bits per heavy atom. The van der Waals surface area contributed by atoms with Gasteiger partial charge in [-0.15, -0.1) is 0 Å². The fourth-order valence-corrected chi connectivity index (χ4v) is 1.66. The smallest absolute Gasteiger partial charge is 0.0960 e. The van der Waals surface area contributed by atoms with E-state index in [1.54, 1.807) is 0 Å². The van der Waals surface area contributed by atoms with Gasteiger partial charge in [-0.05, 0) is 25.7 Å². The second kappa shape index (κ2) is 3.92. The number of likely N-dealkylation sites (tertiary alicyclic amines) is 1. The van der Waals surface area contributed by atoms with Crippen LogP contribution in [0.1, 0.15) is 40.0 Å². The van der Waals surface area contributed by atoms with Crippen LogP contribution in [0.25, 0.3) is 0 Å². The third-order valence-corrected chi connectivity index (χ3v) is 2.87. The second-order valence-electron chi connectivity index (χ2n) is 4.08. The van der Waals surface area contributed by atoms with Crippen molar-refractivity contribution in [2.45, 2.75) is 46.1 Å². The van der Waals surface area contributed by atoms with Crippen LogP contribution >= 0.6 is 0 Å². The van der Waals surface area contributed by atoms with Gasteiger partial charge < -0.3 is 4.90 Å². The number of hydrogen-bond acceptors (Lipinski definition) is 1. The van der Waals surface area contributed by atoms with E-state index >= 15 is 0 Å². The minimum atomic E-state index is 0.540. The van der Waals surface area contributed by atoms with Crippen molar-refractivity contribution in [3.05, 3.63) is 0 Å². The van der Waals surface area contributed by atoms with E-state index in [1.807, 2.05) is 0 Å². The van der Waals surface area contributed by atoms with Gasteiger partial charge in [-0.1, -0.05) is 13.8 Å². The average molecular weight is 168 g/mol. The van der Waals surface area contributed by atoms with Crippen LogP contribution in [0.4, 0.5) is 0 Å². The van der Waals surface area contributed by atoms with Gasteiger partial charge in [-0.25, -0.2) is 0 Å². The first-order valence-corrected chi connectivity index (χ1v) is 4.97. The van der Waals surface area contributed by atoms with Crippen molar-refractivity contribution in [1.29, 1.82) is 5.41 Å². The summed E-state index contributed by atoms with van der Waals surface area (Å²) >= 11 is 0. The Labute approximate surface area is 75.5 Å². The van der Waals surface area contributed by atoms with Crippen LogP contribution in [0.5, 0.6) is 0 Å². The van der Waals surface area contributed by atoms with E-state index in [9.17, 15) is 0 Å². The molecule has 0 spiro atoms. The van der Waals surface area contributed by atoms with Gasteiger partial charge in [0, 0.05) is 19.0 Å². The molecule has 1 rings (SSSR count). The zero-order chi connectivity index (χ0) is 9.14. The van der Waals surface area contributed by atoms with Crippen LogP contribution in [0.2, 0.25) is 0 Å². The number of nitrogens with one attached hydrogen (secondary N) is 1. The van der Waals surface area contributed by atoms with Crippen molar-refractivity contribution in [2.24, 2.45) is 5.92 Å². The Morgan fingerprint density at radius 1 is 1.25 bits per heavy atom. The third kappa shape index (κ3) is 1.99. The minimum Gasteiger partial charge on any atom is -0.358 e. The van der Waals surface area contributed by atoms with Crippen LogP contribution in [0.15, 0.2) is 0 Å². The minimum absolute atomic E-state index is 0.540. The van der Waals surface area contributed by atoms with Gasteiger partial charge in [0.15, 0.2) is 0 Å². The number of hydrogen-bond donors (Lipinski definition) is 1. The summed E-state index contributed by atoms with van der Waals surface area (Å²) in [6.07, 6.45) is 3.46. The van der Waals surface area contributed by atoms with E-state index < -0.39 is 0 Å². The molecule has 0 aromatic heterocycles. The fraction of sp³-hybridized carbons (Fsp3) is 0.900. The van der Waals surface area contributed by atoms with Crippen LogP contribution in [-0.2, 0) is 0 Å². The maximum absolute atomic E-state index is 7.80. The molecule has 1 aliphatic rings. The molecule has 0 aromatic rings. The molecule has 1 fully saturated rings. The Bertz CT molecular complexity index is 163. The first-order chi connectivity index (χ1) is 5.63. The number of rotatable bonds is 2. The summed E-state index contributed by atoms with van der Waals surface area (Å²) in [4.78, 5) is 2.26. The Hall–Kier alpha value is -0.530. The lowest BCUT2D eigenvalue weighted by molar-refractivity contribution is 0.242. The average Bonchev–Trinajstić information content (AvgIpc) is 2.04. The molecular weight excluding hydrogens is 148 g/mol. The van der Waals surface area contributed by atoms with Crippen molar-refractivity contribution in [1.82, 2.24) is 4.90 Å². The SMILES string of the molecule is CC(C)C(C)N1CCCCC1=N. The summed E-state index contributed by atoms with van der Waals surface area (Å²) in [7, 11) is 0. The van der Waals surface area contributed by atoms with E-state index in [1.165, 1.54) is 12.8 Å². The molecule has 1 unspecified atom stereocenters. The third-order valence-electron chi connectivity index (χ3n) is 2.87. The zero-order valence-electron chi connectivity index (χ0n) is 8.43. The van der Waals surface area contributed by atoms with Gasteiger partial charge in [-0.2, -0.15) is 0 Å². The van der Waals surface area contributed by atoms with Crippen LogP contribution in [0, 0.1) is 11.3 Å². The molecule has 2 nitrogen and oxygen atoms in total. The molecule has 1 atom stereocenters. The standard InChI is InChI=1S/C10H20N2/c1-8(2)9(3)12-7-5-4-6-10(12)11/h8-9,11H,4-7H2,1-3H3. The number of piperidine rings is 1. The van der Waals surface area contributed by atoms with Gasteiger partial charge in [0.05, 0.1) is 5.84 Å². The number of nitrogens with zero attached hydrogens (tertiary/aromatic N) is 1. The van der Waals surface area contributed by atoms with Crippen molar-refractivity contribution < 1.29 is 0 Å². The summed E-state index contributed by atoms with van der Waals surface area (Å²) in [5.74, 6) is 1.51. The molecule has 0 aliphatic carbocycles. The highest BCUT2D eigenvalue weighted by Crippen LogP contribution is 2.18. The fourth-order valence-electron chi connectivity index (χ4n) is 1.66. The normalized spacial score (nSPS) is 21.7. The summed E-state index contributed by atoms with van der Waals surface area (Å²) in [6.45, 7) is 7.78. The molecule has 0 radical (unpaired) electrons. The van der Waals surface area contributed by atoms with E-state index in [0.717, 1.165) is 18.8 Å². The zero-order valence-corrected chi connectivity index (χ0v) is 8.43.